The first-order valence-electron chi connectivity index (χ1n) is 5.62. The number of nitrogen functional groups attached to an aromatic ring is 1. The third kappa shape index (κ3) is 2.09. The highest BCUT2D eigenvalue weighted by Gasteiger charge is 2.38. The van der Waals surface area contributed by atoms with Gasteiger partial charge in [-0.25, -0.2) is 4.98 Å². The molecule has 1 aromatic heterocycles. The fourth-order valence-corrected chi connectivity index (χ4v) is 2.09. The first-order chi connectivity index (χ1) is 7.62. The first-order valence-corrected chi connectivity index (χ1v) is 5.62. The number of aromatic nitrogens is 2. The quantitative estimate of drug-likeness (QED) is 0.792. The smallest absolute Gasteiger partial charge is 0.221 e. The van der Waals surface area contributed by atoms with Crippen LogP contribution in [0.25, 0.3) is 0 Å². The van der Waals surface area contributed by atoms with Gasteiger partial charge in [-0.05, 0) is 39.4 Å². The van der Waals surface area contributed by atoms with Crippen LogP contribution in [0.2, 0.25) is 0 Å². The standard InChI is InChI=1S/C11H19N5/c1-16(2)11(5-3-6-11)8-14-9-4-7-13-10(12)15-9/h4,7H,3,5-6,8H2,1-2H3,(H3,12,13,14,15). The Labute approximate surface area is 96.1 Å². The maximum atomic E-state index is 5.53. The largest absolute Gasteiger partial charge is 0.368 e. The highest BCUT2D eigenvalue weighted by molar-refractivity contribution is 5.38. The van der Waals surface area contributed by atoms with Crippen molar-refractivity contribution in [1.29, 1.82) is 0 Å². The lowest BCUT2D eigenvalue weighted by atomic mass is 9.75. The van der Waals surface area contributed by atoms with Gasteiger partial charge in [-0.1, -0.05) is 0 Å². The normalized spacial score (nSPS) is 18.2. The molecule has 0 bridgehead atoms. The molecule has 1 aliphatic carbocycles. The van der Waals surface area contributed by atoms with Gasteiger partial charge < -0.3 is 16.0 Å². The Morgan fingerprint density at radius 1 is 1.50 bits per heavy atom. The minimum Gasteiger partial charge on any atom is -0.368 e. The maximum absolute atomic E-state index is 5.53. The van der Waals surface area contributed by atoms with E-state index in [4.69, 9.17) is 5.73 Å². The van der Waals surface area contributed by atoms with Crippen LogP contribution in [0.3, 0.4) is 0 Å². The number of nitrogens with one attached hydrogen (secondary N) is 1. The van der Waals surface area contributed by atoms with Crippen LogP contribution in [0.15, 0.2) is 12.3 Å². The second-order valence-electron chi connectivity index (χ2n) is 4.63. The molecule has 0 radical (unpaired) electrons. The van der Waals surface area contributed by atoms with E-state index < -0.39 is 0 Å². The van der Waals surface area contributed by atoms with E-state index in [0.717, 1.165) is 12.4 Å². The number of hydrogen-bond acceptors (Lipinski definition) is 5. The zero-order valence-corrected chi connectivity index (χ0v) is 9.90. The Morgan fingerprint density at radius 2 is 2.25 bits per heavy atom. The minimum atomic E-state index is 0.291. The summed E-state index contributed by atoms with van der Waals surface area (Å²) in [6, 6.07) is 1.85. The van der Waals surface area contributed by atoms with Gasteiger partial charge >= 0.3 is 0 Å². The van der Waals surface area contributed by atoms with Gasteiger partial charge in [-0.15, -0.1) is 0 Å². The first kappa shape index (κ1) is 11.1. The van der Waals surface area contributed by atoms with E-state index in [2.05, 4.69) is 34.3 Å². The number of nitrogens with zero attached hydrogens (tertiary/aromatic N) is 3. The molecule has 0 spiro atoms. The van der Waals surface area contributed by atoms with Gasteiger partial charge in [0.2, 0.25) is 5.95 Å². The summed E-state index contributed by atoms with van der Waals surface area (Å²) in [6.45, 7) is 0.913. The van der Waals surface area contributed by atoms with Crippen molar-refractivity contribution in [3.63, 3.8) is 0 Å². The van der Waals surface area contributed by atoms with Gasteiger partial charge in [0.05, 0.1) is 0 Å². The lowest BCUT2D eigenvalue weighted by Gasteiger charge is -2.47. The van der Waals surface area contributed by atoms with Crippen LogP contribution in [0.5, 0.6) is 0 Å². The van der Waals surface area contributed by atoms with E-state index in [9.17, 15) is 0 Å². The summed E-state index contributed by atoms with van der Waals surface area (Å²) in [4.78, 5) is 10.3. The average Bonchev–Trinajstić information content (AvgIpc) is 2.15. The topological polar surface area (TPSA) is 67.1 Å². The second kappa shape index (κ2) is 4.25. The molecule has 0 aromatic carbocycles. The van der Waals surface area contributed by atoms with E-state index in [1.807, 2.05) is 6.07 Å². The maximum Gasteiger partial charge on any atom is 0.221 e. The molecule has 1 saturated carbocycles. The molecule has 1 aliphatic rings. The Morgan fingerprint density at radius 3 is 2.75 bits per heavy atom. The fourth-order valence-electron chi connectivity index (χ4n) is 2.09. The van der Waals surface area contributed by atoms with Crippen molar-refractivity contribution in [3.05, 3.63) is 12.3 Å². The predicted molar refractivity (Wildman–Crippen MR) is 65.2 cm³/mol. The van der Waals surface area contributed by atoms with Crippen molar-refractivity contribution in [1.82, 2.24) is 14.9 Å². The molecule has 0 saturated heterocycles. The van der Waals surface area contributed by atoms with E-state index in [1.54, 1.807) is 6.20 Å². The van der Waals surface area contributed by atoms with Gasteiger partial charge in [0.15, 0.2) is 0 Å². The van der Waals surface area contributed by atoms with E-state index in [1.165, 1.54) is 19.3 Å². The Kier molecular flexibility index (Phi) is 2.96. The molecular formula is C11H19N5. The van der Waals surface area contributed by atoms with Crippen molar-refractivity contribution in [2.75, 3.05) is 31.7 Å². The summed E-state index contributed by atoms with van der Waals surface area (Å²) >= 11 is 0. The predicted octanol–water partition coefficient (Wildman–Crippen LogP) is 0.955. The highest BCUT2D eigenvalue weighted by Crippen LogP contribution is 2.36. The molecule has 3 N–H and O–H groups in total. The molecule has 88 valence electrons. The number of hydrogen-bond donors (Lipinski definition) is 2. The number of rotatable bonds is 4. The van der Waals surface area contributed by atoms with Crippen molar-refractivity contribution in [3.8, 4) is 0 Å². The van der Waals surface area contributed by atoms with Crippen molar-refractivity contribution >= 4 is 11.8 Å². The van der Waals surface area contributed by atoms with Crippen LogP contribution in [-0.2, 0) is 0 Å². The minimum absolute atomic E-state index is 0.291. The lowest BCUT2D eigenvalue weighted by Crippen LogP contribution is -2.54. The highest BCUT2D eigenvalue weighted by atomic mass is 15.2. The molecule has 0 unspecified atom stereocenters. The lowest BCUT2D eigenvalue weighted by molar-refractivity contribution is 0.0738. The Bertz CT molecular complexity index is 359. The molecule has 0 atom stereocenters. The van der Waals surface area contributed by atoms with E-state index in [0.29, 0.717) is 11.5 Å². The van der Waals surface area contributed by atoms with Crippen molar-refractivity contribution in [2.24, 2.45) is 0 Å². The summed E-state index contributed by atoms with van der Waals surface area (Å²) in [5.41, 5.74) is 5.82. The molecule has 5 heteroatoms. The zero-order valence-electron chi connectivity index (χ0n) is 9.90. The number of nitrogens with two attached hydrogens (primary N) is 1. The van der Waals surface area contributed by atoms with Crippen LogP contribution < -0.4 is 11.1 Å². The van der Waals surface area contributed by atoms with Crippen LogP contribution >= 0.6 is 0 Å². The SMILES string of the molecule is CN(C)C1(CNc2ccnc(N)n2)CCC1. The van der Waals surface area contributed by atoms with Gasteiger partial charge in [0, 0.05) is 18.3 Å². The van der Waals surface area contributed by atoms with Crippen LogP contribution in [-0.4, -0.2) is 41.0 Å². The van der Waals surface area contributed by atoms with Crippen LogP contribution in [0.4, 0.5) is 11.8 Å². The van der Waals surface area contributed by atoms with Gasteiger partial charge in [0.1, 0.15) is 5.82 Å². The Balaban J connectivity index is 1.96. The molecule has 0 aliphatic heterocycles. The average molecular weight is 221 g/mol. The molecule has 1 heterocycles. The molecule has 5 nitrogen and oxygen atoms in total. The summed E-state index contributed by atoms with van der Waals surface area (Å²) < 4.78 is 0. The molecular weight excluding hydrogens is 202 g/mol. The third-order valence-electron chi connectivity index (χ3n) is 3.51. The van der Waals surface area contributed by atoms with Crippen molar-refractivity contribution < 1.29 is 0 Å². The van der Waals surface area contributed by atoms with Gasteiger partial charge in [-0.2, -0.15) is 4.98 Å². The van der Waals surface area contributed by atoms with Crippen molar-refractivity contribution in [2.45, 2.75) is 24.8 Å². The van der Waals surface area contributed by atoms with Crippen LogP contribution in [0, 0.1) is 0 Å². The number of anilines is 2. The fraction of sp³-hybridized carbons (Fsp3) is 0.636. The zero-order chi connectivity index (χ0) is 11.6. The molecule has 16 heavy (non-hydrogen) atoms. The van der Waals surface area contributed by atoms with Gasteiger partial charge in [-0.3, -0.25) is 0 Å². The molecule has 1 aromatic rings. The summed E-state index contributed by atoms with van der Waals surface area (Å²) in [6.07, 6.45) is 5.47. The van der Waals surface area contributed by atoms with E-state index in [-0.39, 0.29) is 0 Å². The third-order valence-corrected chi connectivity index (χ3v) is 3.51. The molecule has 0 amide bonds. The Hall–Kier alpha value is -1.36. The summed E-state index contributed by atoms with van der Waals surface area (Å²) in [7, 11) is 4.27. The molecule has 2 rings (SSSR count). The number of likely N-dealkylation sites (N-methyl/N-ethyl adjacent to an activating group) is 1. The van der Waals surface area contributed by atoms with E-state index >= 15 is 0 Å². The summed E-state index contributed by atoms with van der Waals surface area (Å²) in [5, 5.41) is 3.34. The van der Waals surface area contributed by atoms with Crippen LogP contribution in [0.1, 0.15) is 19.3 Å². The second-order valence-corrected chi connectivity index (χ2v) is 4.63. The monoisotopic (exact) mass is 221 g/mol. The van der Waals surface area contributed by atoms with Gasteiger partial charge in [0.25, 0.3) is 0 Å². The summed E-state index contributed by atoms with van der Waals surface area (Å²) in [5.74, 6) is 1.12. The molecule has 1 fully saturated rings.